The molecule has 2 heterocycles. The SMILES string of the molecule is COC(=O)c1cnc(-c2cc(OC)ncn2)nc1Cl. The number of rotatable bonds is 3. The van der Waals surface area contributed by atoms with Crippen LogP contribution in [-0.2, 0) is 4.74 Å². The highest BCUT2D eigenvalue weighted by atomic mass is 35.5. The molecule has 0 unspecified atom stereocenters. The van der Waals surface area contributed by atoms with Crippen molar-refractivity contribution in [2.24, 2.45) is 0 Å². The summed E-state index contributed by atoms with van der Waals surface area (Å²) in [6, 6.07) is 1.56. The lowest BCUT2D eigenvalue weighted by Gasteiger charge is -2.04. The predicted molar refractivity (Wildman–Crippen MR) is 66.0 cm³/mol. The van der Waals surface area contributed by atoms with Gasteiger partial charge in [-0.05, 0) is 0 Å². The highest BCUT2D eigenvalue weighted by molar-refractivity contribution is 6.32. The van der Waals surface area contributed by atoms with Crippen molar-refractivity contribution in [3.8, 4) is 17.4 Å². The monoisotopic (exact) mass is 280 g/mol. The van der Waals surface area contributed by atoms with E-state index in [2.05, 4.69) is 24.7 Å². The van der Waals surface area contributed by atoms with Crippen LogP contribution in [0.25, 0.3) is 11.5 Å². The largest absolute Gasteiger partial charge is 0.481 e. The Labute approximate surface area is 113 Å². The molecule has 0 N–H and O–H groups in total. The summed E-state index contributed by atoms with van der Waals surface area (Å²) in [6.45, 7) is 0. The molecule has 19 heavy (non-hydrogen) atoms. The van der Waals surface area contributed by atoms with Crippen molar-refractivity contribution in [2.75, 3.05) is 14.2 Å². The number of ether oxygens (including phenoxy) is 2. The molecule has 2 rings (SSSR count). The van der Waals surface area contributed by atoms with Crippen LogP contribution in [0, 0.1) is 0 Å². The Morgan fingerprint density at radius 1 is 1.26 bits per heavy atom. The van der Waals surface area contributed by atoms with Gasteiger partial charge in [0.25, 0.3) is 0 Å². The zero-order valence-corrected chi connectivity index (χ0v) is 10.9. The first kappa shape index (κ1) is 13.2. The first-order valence-electron chi connectivity index (χ1n) is 5.13. The minimum atomic E-state index is -0.600. The van der Waals surface area contributed by atoms with Crippen molar-refractivity contribution >= 4 is 17.6 Å². The summed E-state index contributed by atoms with van der Waals surface area (Å²) < 4.78 is 9.52. The molecular weight excluding hydrogens is 272 g/mol. The molecule has 0 bridgehead atoms. The van der Waals surface area contributed by atoms with E-state index in [0.717, 1.165) is 0 Å². The molecule has 0 saturated heterocycles. The number of hydrogen-bond donors (Lipinski definition) is 0. The summed E-state index contributed by atoms with van der Waals surface area (Å²) >= 11 is 5.90. The van der Waals surface area contributed by atoms with E-state index in [9.17, 15) is 4.79 Å². The number of aromatic nitrogens is 4. The van der Waals surface area contributed by atoms with Crippen molar-refractivity contribution < 1.29 is 14.3 Å². The molecule has 0 aromatic carbocycles. The molecule has 7 nitrogen and oxygen atoms in total. The zero-order valence-electron chi connectivity index (χ0n) is 10.1. The average molecular weight is 281 g/mol. The summed E-state index contributed by atoms with van der Waals surface area (Å²) in [4.78, 5) is 27.2. The van der Waals surface area contributed by atoms with E-state index in [-0.39, 0.29) is 16.5 Å². The van der Waals surface area contributed by atoms with Gasteiger partial charge in [-0.3, -0.25) is 0 Å². The zero-order chi connectivity index (χ0) is 13.8. The van der Waals surface area contributed by atoms with Gasteiger partial charge >= 0.3 is 5.97 Å². The number of nitrogens with zero attached hydrogens (tertiary/aromatic N) is 4. The molecule has 0 radical (unpaired) electrons. The third-order valence-electron chi connectivity index (χ3n) is 2.23. The van der Waals surface area contributed by atoms with Gasteiger partial charge in [-0.2, -0.15) is 0 Å². The first-order valence-corrected chi connectivity index (χ1v) is 5.50. The quantitative estimate of drug-likeness (QED) is 0.620. The molecule has 2 aromatic rings. The molecular formula is C11H9ClN4O3. The maximum atomic E-state index is 11.4. The number of carbonyl (C=O) groups is 1. The lowest BCUT2D eigenvalue weighted by Crippen LogP contribution is -2.05. The fourth-order valence-electron chi connectivity index (χ4n) is 1.30. The Balaban J connectivity index is 2.41. The van der Waals surface area contributed by atoms with Gasteiger partial charge in [-0.25, -0.2) is 24.7 Å². The molecule has 0 aliphatic rings. The number of methoxy groups -OCH3 is 2. The van der Waals surface area contributed by atoms with Crippen molar-refractivity contribution in [3.05, 3.63) is 29.3 Å². The van der Waals surface area contributed by atoms with E-state index in [1.54, 1.807) is 6.07 Å². The van der Waals surface area contributed by atoms with E-state index in [1.165, 1.54) is 26.7 Å². The Bertz CT molecular complexity index is 621. The molecule has 0 saturated carbocycles. The van der Waals surface area contributed by atoms with Crippen LogP contribution in [-0.4, -0.2) is 40.1 Å². The van der Waals surface area contributed by atoms with Gasteiger partial charge in [0, 0.05) is 12.3 Å². The minimum absolute atomic E-state index is 0.00516. The number of esters is 1. The van der Waals surface area contributed by atoms with Gasteiger partial charge in [-0.1, -0.05) is 11.6 Å². The second-order valence-corrected chi connectivity index (χ2v) is 3.69. The maximum absolute atomic E-state index is 11.4. The van der Waals surface area contributed by atoms with E-state index < -0.39 is 5.97 Å². The summed E-state index contributed by atoms with van der Waals surface area (Å²) in [7, 11) is 2.74. The molecule has 0 aliphatic carbocycles. The fraction of sp³-hybridized carbons (Fsp3) is 0.182. The second kappa shape index (κ2) is 5.57. The minimum Gasteiger partial charge on any atom is -0.481 e. The highest BCUT2D eigenvalue weighted by Gasteiger charge is 2.15. The summed E-state index contributed by atoms with van der Waals surface area (Å²) in [5.41, 5.74) is 0.527. The van der Waals surface area contributed by atoms with E-state index in [0.29, 0.717) is 11.6 Å². The van der Waals surface area contributed by atoms with Gasteiger partial charge in [-0.15, -0.1) is 0 Å². The Morgan fingerprint density at radius 2 is 2.05 bits per heavy atom. The third kappa shape index (κ3) is 2.76. The molecule has 2 aromatic heterocycles. The summed E-state index contributed by atoms with van der Waals surface area (Å²) in [5.74, 6) is 0.0388. The van der Waals surface area contributed by atoms with E-state index in [1.807, 2.05) is 0 Å². The number of carbonyl (C=O) groups excluding carboxylic acids is 1. The third-order valence-corrected chi connectivity index (χ3v) is 2.52. The lowest BCUT2D eigenvalue weighted by atomic mass is 10.3. The van der Waals surface area contributed by atoms with Crippen LogP contribution in [0.3, 0.4) is 0 Å². The normalized spacial score (nSPS) is 10.1. The Morgan fingerprint density at radius 3 is 2.68 bits per heavy atom. The standard InChI is InChI=1S/C11H9ClN4O3/c1-18-8-3-7(14-5-15-8)10-13-4-6(9(12)16-10)11(17)19-2/h3-5H,1-2H3. The number of hydrogen-bond acceptors (Lipinski definition) is 7. The van der Waals surface area contributed by atoms with Crippen LogP contribution >= 0.6 is 11.6 Å². The predicted octanol–water partition coefficient (Wildman–Crippen LogP) is 1.38. The van der Waals surface area contributed by atoms with Crippen LogP contribution in [0.15, 0.2) is 18.6 Å². The van der Waals surface area contributed by atoms with Crippen molar-refractivity contribution in [1.82, 2.24) is 19.9 Å². The first-order chi connectivity index (χ1) is 9.15. The fourth-order valence-corrected chi connectivity index (χ4v) is 1.51. The van der Waals surface area contributed by atoms with Crippen molar-refractivity contribution in [2.45, 2.75) is 0 Å². The van der Waals surface area contributed by atoms with Crippen LogP contribution in [0.1, 0.15) is 10.4 Å². The molecule has 8 heteroatoms. The van der Waals surface area contributed by atoms with Gasteiger partial charge in [0.05, 0.1) is 14.2 Å². The molecule has 0 amide bonds. The van der Waals surface area contributed by atoms with Crippen molar-refractivity contribution in [3.63, 3.8) is 0 Å². The molecule has 0 aliphatic heterocycles. The Kier molecular flexibility index (Phi) is 3.86. The van der Waals surface area contributed by atoms with Crippen LogP contribution < -0.4 is 4.74 Å². The summed E-state index contributed by atoms with van der Waals surface area (Å²) in [6.07, 6.45) is 2.60. The molecule has 98 valence electrons. The highest BCUT2D eigenvalue weighted by Crippen LogP contribution is 2.20. The van der Waals surface area contributed by atoms with E-state index in [4.69, 9.17) is 16.3 Å². The van der Waals surface area contributed by atoms with Gasteiger partial charge in [0.15, 0.2) is 5.82 Å². The maximum Gasteiger partial charge on any atom is 0.342 e. The molecule has 0 fully saturated rings. The van der Waals surface area contributed by atoms with Gasteiger partial charge < -0.3 is 9.47 Å². The van der Waals surface area contributed by atoms with E-state index >= 15 is 0 Å². The van der Waals surface area contributed by atoms with Crippen LogP contribution in [0.4, 0.5) is 0 Å². The Hall–Kier alpha value is -2.28. The smallest absolute Gasteiger partial charge is 0.342 e. The second-order valence-electron chi connectivity index (χ2n) is 3.34. The molecule has 0 atom stereocenters. The number of halogens is 1. The van der Waals surface area contributed by atoms with Gasteiger partial charge in [0.2, 0.25) is 5.88 Å². The van der Waals surface area contributed by atoms with Crippen LogP contribution in [0.5, 0.6) is 5.88 Å². The van der Waals surface area contributed by atoms with Gasteiger partial charge in [0.1, 0.15) is 22.7 Å². The lowest BCUT2D eigenvalue weighted by molar-refractivity contribution is 0.0600. The topological polar surface area (TPSA) is 87.1 Å². The molecule has 0 spiro atoms. The average Bonchev–Trinajstić information content (AvgIpc) is 2.46. The van der Waals surface area contributed by atoms with Crippen molar-refractivity contribution in [1.29, 1.82) is 0 Å². The van der Waals surface area contributed by atoms with Crippen LogP contribution in [0.2, 0.25) is 5.15 Å². The summed E-state index contributed by atoms with van der Waals surface area (Å²) in [5, 5.41) is -0.00516.